The largest absolute Gasteiger partial charge is 0.351 e. The number of pyridine rings is 1. The van der Waals surface area contributed by atoms with Crippen molar-refractivity contribution in [2.45, 2.75) is 25.9 Å². The number of rotatable bonds is 5. The lowest BCUT2D eigenvalue weighted by atomic mass is 10.0. The fraction of sp³-hybridized carbons (Fsp3) is 0.227. The summed E-state index contributed by atoms with van der Waals surface area (Å²) in [6.07, 6.45) is 1.78. The van der Waals surface area contributed by atoms with Crippen LogP contribution in [0.5, 0.6) is 0 Å². The van der Waals surface area contributed by atoms with Gasteiger partial charge in [0.05, 0.1) is 32.3 Å². The maximum absolute atomic E-state index is 12.1. The molecule has 1 aliphatic heterocycles. The lowest BCUT2D eigenvalue weighted by molar-refractivity contribution is -0.118. The summed E-state index contributed by atoms with van der Waals surface area (Å²) in [6, 6.07) is 15.4. The number of benzene rings is 1. The number of thiocarbonyl (C=S) groups is 1. The van der Waals surface area contributed by atoms with Gasteiger partial charge in [0.2, 0.25) is 5.91 Å². The molecule has 0 unspecified atom stereocenters. The number of amides is 1. The summed E-state index contributed by atoms with van der Waals surface area (Å²) in [5.74, 6) is -0.212. The Morgan fingerprint density at radius 3 is 2.71 bits per heavy atom. The molecule has 3 heterocycles. The number of nitrogens with zero attached hydrogens (tertiary/aromatic N) is 2. The highest BCUT2D eigenvalue weighted by molar-refractivity contribution is 9.11. The van der Waals surface area contributed by atoms with Crippen LogP contribution in [0.15, 0.2) is 58.5 Å². The summed E-state index contributed by atoms with van der Waals surface area (Å²) in [4.78, 5) is 19.8. The number of nitrogens with one attached hydrogen (secondary N) is 2. The molecule has 2 N–H and O–H groups in total. The van der Waals surface area contributed by atoms with Crippen molar-refractivity contribution in [3.8, 4) is 0 Å². The molecule has 9 heteroatoms. The van der Waals surface area contributed by atoms with E-state index >= 15 is 0 Å². The first-order chi connectivity index (χ1) is 14.8. The lowest BCUT2D eigenvalue weighted by Crippen LogP contribution is -2.29. The van der Waals surface area contributed by atoms with Gasteiger partial charge >= 0.3 is 0 Å². The van der Waals surface area contributed by atoms with Crippen LogP contribution in [0.25, 0.3) is 0 Å². The highest BCUT2D eigenvalue weighted by Gasteiger charge is 2.41. The number of halogens is 2. The zero-order valence-electron chi connectivity index (χ0n) is 16.8. The Morgan fingerprint density at radius 2 is 2.10 bits per heavy atom. The molecule has 1 saturated heterocycles. The first-order valence-corrected chi connectivity index (χ1v) is 12.1. The summed E-state index contributed by atoms with van der Waals surface area (Å²) in [6.45, 7) is 3.68. The minimum Gasteiger partial charge on any atom is -0.351 e. The van der Waals surface area contributed by atoms with Crippen molar-refractivity contribution >= 4 is 73.5 Å². The number of thiophene rings is 1. The lowest BCUT2D eigenvalue weighted by Gasteiger charge is -2.27. The standard InChI is InChI=1S/C22H20BrClN4OS2/c1-12(2)21(29)26-15-7-6-13(11-14(15)24)28-20(17-8-9-18(23)31-17)19(27-22(28)30)16-5-3-4-10-25-16/h3-12,19-20H,1-2H3,(H,26,29)(H,27,30)/t19-,20-/m0/s1. The van der Waals surface area contributed by atoms with Crippen molar-refractivity contribution in [1.82, 2.24) is 10.3 Å². The van der Waals surface area contributed by atoms with Gasteiger partial charge in [-0.2, -0.15) is 0 Å². The molecule has 4 rings (SSSR count). The molecule has 160 valence electrons. The SMILES string of the molecule is CC(C)C(=O)Nc1ccc(N2C(=S)N[C@@H](c3ccccn3)[C@@H]2c2ccc(Br)s2)cc1Cl. The topological polar surface area (TPSA) is 57.3 Å². The minimum absolute atomic E-state index is 0.0791. The molecule has 0 spiro atoms. The first-order valence-electron chi connectivity index (χ1n) is 9.71. The van der Waals surface area contributed by atoms with Gasteiger partial charge in [-0.3, -0.25) is 9.78 Å². The number of carbonyl (C=O) groups excluding carboxylic acids is 1. The van der Waals surface area contributed by atoms with E-state index < -0.39 is 0 Å². The van der Waals surface area contributed by atoms with E-state index in [0.29, 0.717) is 15.8 Å². The molecule has 31 heavy (non-hydrogen) atoms. The average Bonchev–Trinajstić information content (AvgIpc) is 3.32. The van der Waals surface area contributed by atoms with Gasteiger partial charge in [0, 0.05) is 22.7 Å². The summed E-state index contributed by atoms with van der Waals surface area (Å²) in [5, 5.41) is 7.36. The summed E-state index contributed by atoms with van der Waals surface area (Å²) in [5.41, 5.74) is 2.34. The van der Waals surface area contributed by atoms with Crippen molar-refractivity contribution in [2.24, 2.45) is 5.92 Å². The molecular weight excluding hydrogens is 516 g/mol. The van der Waals surface area contributed by atoms with E-state index in [1.54, 1.807) is 17.5 Å². The minimum atomic E-state index is -0.133. The van der Waals surface area contributed by atoms with E-state index in [9.17, 15) is 4.79 Å². The molecule has 1 aliphatic rings. The predicted molar refractivity (Wildman–Crippen MR) is 135 cm³/mol. The summed E-state index contributed by atoms with van der Waals surface area (Å²) < 4.78 is 1.05. The summed E-state index contributed by atoms with van der Waals surface area (Å²) >= 11 is 17.5. The Balaban J connectivity index is 1.73. The van der Waals surface area contributed by atoms with E-state index in [-0.39, 0.29) is 23.9 Å². The van der Waals surface area contributed by atoms with Gasteiger partial charge in [-0.05, 0) is 70.6 Å². The molecule has 1 aromatic carbocycles. The first kappa shape index (κ1) is 22.2. The second-order valence-corrected chi connectivity index (χ2v) is 10.7. The van der Waals surface area contributed by atoms with Gasteiger partial charge in [-0.25, -0.2) is 0 Å². The van der Waals surface area contributed by atoms with Crippen LogP contribution in [0, 0.1) is 5.92 Å². The van der Waals surface area contributed by atoms with E-state index in [1.807, 2.05) is 56.3 Å². The zero-order valence-corrected chi connectivity index (χ0v) is 20.8. The van der Waals surface area contributed by atoms with Crippen LogP contribution in [-0.2, 0) is 4.79 Å². The molecule has 0 aliphatic carbocycles. The smallest absolute Gasteiger partial charge is 0.226 e. The molecule has 0 saturated carbocycles. The molecule has 1 amide bonds. The van der Waals surface area contributed by atoms with Crippen molar-refractivity contribution in [1.29, 1.82) is 0 Å². The van der Waals surface area contributed by atoms with Crippen molar-refractivity contribution in [3.63, 3.8) is 0 Å². The third kappa shape index (κ3) is 4.62. The van der Waals surface area contributed by atoms with Crippen LogP contribution in [0.4, 0.5) is 11.4 Å². The van der Waals surface area contributed by atoms with E-state index in [2.05, 4.69) is 42.5 Å². The third-order valence-electron chi connectivity index (χ3n) is 5.00. The Hall–Kier alpha value is -2.00. The third-order valence-corrected chi connectivity index (χ3v) is 7.32. The molecule has 5 nitrogen and oxygen atoms in total. The predicted octanol–water partition coefficient (Wildman–Crippen LogP) is 6.33. The van der Waals surface area contributed by atoms with Crippen LogP contribution in [-0.4, -0.2) is 16.0 Å². The Kier molecular flexibility index (Phi) is 6.62. The molecule has 1 fully saturated rings. The van der Waals surface area contributed by atoms with Gasteiger partial charge in [0.15, 0.2) is 5.11 Å². The van der Waals surface area contributed by atoms with Crippen molar-refractivity contribution < 1.29 is 4.79 Å². The maximum atomic E-state index is 12.1. The Labute approximate surface area is 204 Å². The maximum Gasteiger partial charge on any atom is 0.226 e. The van der Waals surface area contributed by atoms with E-state index in [4.69, 9.17) is 23.8 Å². The number of aromatic nitrogens is 1. The van der Waals surface area contributed by atoms with Crippen LogP contribution in [0.1, 0.15) is 36.5 Å². The van der Waals surface area contributed by atoms with Gasteiger partial charge in [-0.15, -0.1) is 11.3 Å². The molecule has 0 radical (unpaired) electrons. The zero-order chi connectivity index (χ0) is 22.1. The van der Waals surface area contributed by atoms with Crippen LogP contribution < -0.4 is 15.5 Å². The Bertz CT molecular complexity index is 1120. The normalized spacial score (nSPS) is 18.4. The van der Waals surface area contributed by atoms with E-state index in [0.717, 1.165) is 20.0 Å². The fourth-order valence-electron chi connectivity index (χ4n) is 3.44. The van der Waals surface area contributed by atoms with Crippen molar-refractivity contribution in [2.75, 3.05) is 10.2 Å². The highest BCUT2D eigenvalue weighted by atomic mass is 79.9. The fourth-order valence-corrected chi connectivity index (χ4v) is 5.56. The van der Waals surface area contributed by atoms with Crippen LogP contribution in [0.3, 0.4) is 0 Å². The monoisotopic (exact) mass is 534 g/mol. The van der Waals surface area contributed by atoms with E-state index in [1.165, 1.54) is 0 Å². The quantitative estimate of drug-likeness (QED) is 0.374. The van der Waals surface area contributed by atoms with Crippen LogP contribution >= 0.6 is 51.1 Å². The van der Waals surface area contributed by atoms with Crippen LogP contribution in [0.2, 0.25) is 5.02 Å². The second-order valence-electron chi connectivity index (χ2n) is 7.45. The van der Waals surface area contributed by atoms with Gasteiger partial charge in [-0.1, -0.05) is 31.5 Å². The number of carbonyl (C=O) groups is 1. The second kappa shape index (κ2) is 9.24. The summed E-state index contributed by atoms with van der Waals surface area (Å²) in [7, 11) is 0. The average molecular weight is 536 g/mol. The number of hydrogen-bond donors (Lipinski definition) is 2. The Morgan fingerprint density at radius 1 is 1.29 bits per heavy atom. The molecular formula is C22H20BrClN4OS2. The number of anilines is 2. The number of hydrogen-bond acceptors (Lipinski definition) is 4. The van der Waals surface area contributed by atoms with Gasteiger partial charge in [0.25, 0.3) is 0 Å². The highest BCUT2D eigenvalue weighted by Crippen LogP contribution is 2.45. The molecule has 2 atom stereocenters. The van der Waals surface area contributed by atoms with Gasteiger partial charge < -0.3 is 15.5 Å². The molecule has 0 bridgehead atoms. The molecule has 3 aromatic rings. The van der Waals surface area contributed by atoms with Gasteiger partial charge in [0.1, 0.15) is 0 Å². The van der Waals surface area contributed by atoms with Crippen molar-refractivity contribution in [3.05, 3.63) is 74.1 Å². The molecule has 2 aromatic heterocycles.